The number of hydrogen-bond donors (Lipinski definition) is 0. The van der Waals surface area contributed by atoms with E-state index in [9.17, 15) is 9.32 Å². The van der Waals surface area contributed by atoms with Gasteiger partial charge in [-0.25, -0.2) is 4.79 Å². The minimum atomic E-state index is -0.720. The first kappa shape index (κ1) is 6.36. The summed E-state index contributed by atoms with van der Waals surface area (Å²) < 4.78 is 10.5. The van der Waals surface area contributed by atoms with Gasteiger partial charge in [-0.3, -0.25) is 4.89 Å². The lowest BCUT2D eigenvalue weighted by molar-refractivity contribution is -0.398. The Hall–Kier alpha value is -0.640. The largest absolute Gasteiger partial charge is 0.345 e. The highest BCUT2D eigenvalue weighted by atomic mass is 19.3. The molecule has 0 radical (unpaired) electrons. The predicted octanol–water partition coefficient (Wildman–Crippen LogP) is 0.756. The van der Waals surface area contributed by atoms with Crippen LogP contribution >= 0.6 is 0 Å². The second-order valence-corrected chi connectivity index (χ2v) is 0.872. The van der Waals surface area contributed by atoms with Crippen molar-refractivity contribution in [1.29, 1.82) is 0 Å². The van der Waals surface area contributed by atoms with Crippen LogP contribution in [-0.4, -0.2) is 5.97 Å². The summed E-state index contributed by atoms with van der Waals surface area (Å²) in [7, 11) is 0. The molecule has 0 heterocycles. The molecule has 42 valence electrons. The monoisotopic (exact) mass is 108 g/mol. The first-order valence-corrected chi connectivity index (χ1v) is 1.79. The van der Waals surface area contributed by atoms with E-state index in [1.54, 1.807) is 0 Å². The Balaban J connectivity index is 3.00. The van der Waals surface area contributed by atoms with Crippen molar-refractivity contribution in [2.45, 2.75) is 13.3 Å². The zero-order valence-corrected chi connectivity index (χ0v) is 3.81. The summed E-state index contributed by atoms with van der Waals surface area (Å²) in [6, 6.07) is 0. The van der Waals surface area contributed by atoms with Crippen molar-refractivity contribution in [3.05, 3.63) is 0 Å². The highest BCUT2D eigenvalue weighted by Gasteiger charge is 1.95. The third-order valence-corrected chi connectivity index (χ3v) is 0.413. The number of hydrogen-bond acceptors (Lipinski definition) is 3. The SMILES string of the molecule is CCC(=O)OOF. The fourth-order valence-electron chi connectivity index (χ4n) is 0.0941. The molecule has 0 spiro atoms. The van der Waals surface area contributed by atoms with E-state index in [4.69, 9.17) is 0 Å². The van der Waals surface area contributed by atoms with E-state index in [-0.39, 0.29) is 6.42 Å². The molecule has 0 aromatic rings. The molecule has 0 saturated carbocycles. The van der Waals surface area contributed by atoms with Crippen molar-refractivity contribution in [1.82, 2.24) is 0 Å². The van der Waals surface area contributed by atoms with Gasteiger partial charge in [-0.1, -0.05) is 6.92 Å². The summed E-state index contributed by atoms with van der Waals surface area (Å²) in [5.74, 6) is -0.720. The molecule has 0 bridgehead atoms. The van der Waals surface area contributed by atoms with Crippen molar-refractivity contribution < 1.29 is 19.3 Å². The van der Waals surface area contributed by atoms with Gasteiger partial charge in [0.15, 0.2) is 0 Å². The van der Waals surface area contributed by atoms with E-state index >= 15 is 0 Å². The van der Waals surface area contributed by atoms with E-state index in [0.29, 0.717) is 0 Å². The third-order valence-electron chi connectivity index (χ3n) is 0.413. The molecule has 0 atom stereocenters. The van der Waals surface area contributed by atoms with Crippen molar-refractivity contribution in [3.8, 4) is 0 Å². The Morgan fingerprint density at radius 3 is 2.57 bits per heavy atom. The molecule has 7 heavy (non-hydrogen) atoms. The fraction of sp³-hybridized carbons (Fsp3) is 0.667. The number of rotatable bonds is 2. The van der Waals surface area contributed by atoms with E-state index in [0.717, 1.165) is 0 Å². The minimum absolute atomic E-state index is 0.115. The number of halogens is 1. The quantitative estimate of drug-likeness (QED) is 0.387. The average Bonchev–Trinajstić information content (AvgIpc) is 1.68. The highest BCUT2D eigenvalue weighted by molar-refractivity contribution is 5.68. The van der Waals surface area contributed by atoms with Crippen LogP contribution in [-0.2, 0) is 14.8 Å². The summed E-state index contributed by atoms with van der Waals surface area (Å²) in [6.07, 6.45) is 0.115. The maximum Gasteiger partial charge on any atom is 0.345 e. The van der Waals surface area contributed by atoms with E-state index in [1.165, 1.54) is 6.92 Å². The van der Waals surface area contributed by atoms with Crippen LogP contribution in [0.4, 0.5) is 4.53 Å². The van der Waals surface area contributed by atoms with Crippen LogP contribution in [0.25, 0.3) is 0 Å². The van der Waals surface area contributed by atoms with Crippen molar-refractivity contribution >= 4 is 5.97 Å². The molecular formula is C3H5FO3. The van der Waals surface area contributed by atoms with Gasteiger partial charge in [0.2, 0.25) is 0 Å². The molecule has 0 aliphatic carbocycles. The molecule has 0 saturated heterocycles. The maximum absolute atomic E-state index is 10.5. The third kappa shape index (κ3) is 3.18. The Labute approximate surface area is 39.9 Å². The lowest BCUT2D eigenvalue weighted by Gasteiger charge is -1.86. The van der Waals surface area contributed by atoms with Gasteiger partial charge in [-0.2, -0.15) is 0 Å². The van der Waals surface area contributed by atoms with Gasteiger partial charge in [0, 0.05) is 11.5 Å². The predicted molar refractivity (Wildman–Crippen MR) is 18.6 cm³/mol. The van der Waals surface area contributed by atoms with Crippen LogP contribution in [0.2, 0.25) is 0 Å². The zero-order valence-electron chi connectivity index (χ0n) is 3.81. The molecule has 0 aromatic heterocycles. The number of carbonyl (C=O) groups is 1. The average molecular weight is 108 g/mol. The van der Waals surface area contributed by atoms with Crippen LogP contribution in [0.15, 0.2) is 0 Å². The Kier molecular flexibility index (Phi) is 3.22. The summed E-state index contributed by atoms with van der Waals surface area (Å²) in [4.78, 5) is 13.2. The Morgan fingerprint density at radius 1 is 1.86 bits per heavy atom. The second kappa shape index (κ2) is 3.55. The molecule has 0 amide bonds. The molecular weight excluding hydrogens is 103 g/mol. The lowest BCUT2D eigenvalue weighted by Crippen LogP contribution is -1.97. The van der Waals surface area contributed by atoms with E-state index in [1.807, 2.05) is 0 Å². The van der Waals surface area contributed by atoms with Gasteiger partial charge in [0.25, 0.3) is 0 Å². The highest BCUT2D eigenvalue weighted by Crippen LogP contribution is 1.83. The normalized spacial score (nSPS) is 8.29. The zero-order chi connectivity index (χ0) is 5.70. The minimum Gasteiger partial charge on any atom is -0.265 e. The Bertz CT molecular complexity index is 63.2. The van der Waals surface area contributed by atoms with Crippen LogP contribution in [0.5, 0.6) is 0 Å². The number of carbonyl (C=O) groups excluding carboxylic acids is 1. The van der Waals surface area contributed by atoms with Crippen molar-refractivity contribution in [2.24, 2.45) is 0 Å². The van der Waals surface area contributed by atoms with Crippen LogP contribution < -0.4 is 0 Å². The van der Waals surface area contributed by atoms with Crippen molar-refractivity contribution in [2.75, 3.05) is 0 Å². The van der Waals surface area contributed by atoms with Gasteiger partial charge in [0.05, 0.1) is 0 Å². The molecule has 0 aliphatic heterocycles. The Morgan fingerprint density at radius 2 is 2.43 bits per heavy atom. The summed E-state index contributed by atoms with van der Waals surface area (Å²) >= 11 is 0. The fourth-order valence-corrected chi connectivity index (χ4v) is 0.0941. The van der Waals surface area contributed by atoms with Gasteiger partial charge in [-0.05, 0) is 4.53 Å². The molecule has 4 heteroatoms. The molecule has 0 aliphatic rings. The summed E-state index contributed by atoms with van der Waals surface area (Å²) in [6.45, 7) is 1.53. The topological polar surface area (TPSA) is 35.5 Å². The summed E-state index contributed by atoms with van der Waals surface area (Å²) in [5.41, 5.74) is 0. The van der Waals surface area contributed by atoms with Gasteiger partial charge >= 0.3 is 5.97 Å². The van der Waals surface area contributed by atoms with Gasteiger partial charge < -0.3 is 0 Å². The maximum atomic E-state index is 10.5. The molecule has 3 nitrogen and oxygen atoms in total. The first-order valence-electron chi connectivity index (χ1n) is 1.79. The van der Waals surface area contributed by atoms with Crippen molar-refractivity contribution in [3.63, 3.8) is 0 Å². The second-order valence-electron chi connectivity index (χ2n) is 0.872. The molecule has 0 fully saturated rings. The molecule has 0 aromatic carbocycles. The molecule has 0 unspecified atom stereocenters. The first-order chi connectivity index (χ1) is 3.31. The standard InChI is InChI=1S/C3H5FO3/c1-2-3(5)6-7-4/h2H2,1H3. The lowest BCUT2D eigenvalue weighted by atomic mass is 10.5. The van der Waals surface area contributed by atoms with E-state index < -0.39 is 5.97 Å². The van der Waals surface area contributed by atoms with Crippen LogP contribution in [0.3, 0.4) is 0 Å². The molecule has 0 N–H and O–H groups in total. The van der Waals surface area contributed by atoms with E-state index in [2.05, 4.69) is 9.98 Å². The van der Waals surface area contributed by atoms with Gasteiger partial charge in [-0.15, -0.1) is 0 Å². The van der Waals surface area contributed by atoms with Crippen LogP contribution in [0.1, 0.15) is 13.3 Å². The smallest absolute Gasteiger partial charge is 0.265 e. The summed E-state index contributed by atoms with van der Waals surface area (Å²) in [5, 5.41) is 2.54. The molecule has 0 rings (SSSR count). The van der Waals surface area contributed by atoms with Gasteiger partial charge in [0.1, 0.15) is 0 Å². The van der Waals surface area contributed by atoms with Crippen LogP contribution in [0, 0.1) is 0 Å².